The normalized spacial score (nSPS) is 19.7. The summed E-state index contributed by atoms with van der Waals surface area (Å²) >= 11 is 0. The Hall–Kier alpha value is -6.09. The minimum absolute atomic E-state index is 0.104. The number of anilines is 5. The molecule has 3 fully saturated rings. The number of fused-ring (bicyclic) bond motifs is 2. The lowest BCUT2D eigenvalue weighted by Gasteiger charge is -2.49. The zero-order chi connectivity index (χ0) is 39.8. The first kappa shape index (κ1) is 37.5. The van der Waals surface area contributed by atoms with E-state index in [0.29, 0.717) is 87.7 Å². The Kier molecular flexibility index (Phi) is 10.4. The molecule has 0 saturated carbocycles. The van der Waals surface area contributed by atoms with Crippen molar-refractivity contribution in [3.8, 4) is 5.88 Å². The van der Waals surface area contributed by atoms with Crippen molar-refractivity contribution in [2.45, 2.75) is 57.5 Å². The molecule has 58 heavy (non-hydrogen) atoms. The van der Waals surface area contributed by atoms with Crippen LogP contribution in [0.4, 0.5) is 33.1 Å². The van der Waals surface area contributed by atoms with Crippen LogP contribution in [0.3, 0.4) is 0 Å². The van der Waals surface area contributed by atoms with Gasteiger partial charge in [0, 0.05) is 87.6 Å². The van der Waals surface area contributed by atoms with Gasteiger partial charge in [0.25, 0.3) is 0 Å². The van der Waals surface area contributed by atoms with Crippen LogP contribution < -0.4 is 30.9 Å². The van der Waals surface area contributed by atoms with Crippen LogP contribution in [-0.2, 0) is 27.2 Å². The van der Waals surface area contributed by atoms with E-state index in [2.05, 4.69) is 49.1 Å². The second kappa shape index (κ2) is 16.0. The maximum absolute atomic E-state index is 15.2. The van der Waals surface area contributed by atoms with Crippen molar-refractivity contribution in [3.05, 3.63) is 88.6 Å². The number of aromatic nitrogens is 3. The SMILES string of the molecule is Cc1c(C2=Cc3nc(Nc4ccc(CC(=O)N5CCN(C6CN(c7ccc(NC8CCCC(=O)NC8=O)cc7F)C6)CC5)cc4)ncc3CC2)cnc2c1NCCO2. The van der Waals surface area contributed by atoms with Crippen molar-refractivity contribution in [1.29, 1.82) is 0 Å². The molecule has 1 aliphatic carbocycles. The first-order valence-electron chi connectivity index (χ1n) is 20.2. The van der Waals surface area contributed by atoms with Crippen LogP contribution in [0.2, 0.25) is 0 Å². The Morgan fingerprint density at radius 1 is 0.983 bits per heavy atom. The third kappa shape index (κ3) is 7.90. The van der Waals surface area contributed by atoms with Gasteiger partial charge in [-0.2, -0.15) is 0 Å². The molecule has 1 unspecified atom stereocenters. The maximum atomic E-state index is 15.2. The van der Waals surface area contributed by atoms with Gasteiger partial charge < -0.3 is 30.5 Å². The van der Waals surface area contributed by atoms with E-state index in [1.807, 2.05) is 46.5 Å². The fourth-order valence-corrected chi connectivity index (χ4v) is 8.48. The molecule has 2 aromatic carbocycles. The summed E-state index contributed by atoms with van der Waals surface area (Å²) < 4.78 is 20.9. The standard InChI is InChI=1S/C43H47FN10O4/c1-26-33(23-46-42-40(26)45-13-18-58-42)28-7-8-29-22-47-43(50-36(29)20-28)49-30-9-5-27(6-10-30)19-39(56)53-16-14-52(15-17-53)32-24-54(25-32)37-12-11-31(21-34(37)44)48-35-3-2-4-38(55)51-41(35)57/h5-6,9-12,20-23,32,35,45,48H,2-4,7-8,13-19,24-25H2,1H3,(H,47,49,50)(H,51,55,57). The second-order valence-corrected chi connectivity index (χ2v) is 15.7. The molecule has 4 N–H and O–H groups in total. The smallest absolute Gasteiger partial charge is 0.249 e. The molecule has 0 spiro atoms. The Morgan fingerprint density at radius 2 is 1.79 bits per heavy atom. The van der Waals surface area contributed by atoms with E-state index in [1.165, 1.54) is 11.6 Å². The average Bonchev–Trinajstić information content (AvgIpc) is 3.37. The number of nitrogens with zero attached hydrogens (tertiary/aromatic N) is 6. The number of piperazine rings is 1. The summed E-state index contributed by atoms with van der Waals surface area (Å²) in [5.41, 5.74) is 9.22. The summed E-state index contributed by atoms with van der Waals surface area (Å²) in [6.07, 6.45) is 9.41. The third-order valence-corrected chi connectivity index (χ3v) is 11.9. The van der Waals surface area contributed by atoms with E-state index in [9.17, 15) is 14.4 Å². The van der Waals surface area contributed by atoms with Gasteiger partial charge in [0.1, 0.15) is 24.2 Å². The lowest BCUT2D eigenvalue weighted by atomic mass is 9.90. The van der Waals surface area contributed by atoms with Crippen LogP contribution in [-0.4, -0.2) is 107 Å². The molecule has 3 amide bonds. The Morgan fingerprint density at radius 3 is 2.60 bits per heavy atom. The van der Waals surface area contributed by atoms with Gasteiger partial charge in [-0.25, -0.2) is 19.3 Å². The number of hydrogen-bond donors (Lipinski definition) is 4. The first-order chi connectivity index (χ1) is 28.2. The number of allylic oxidation sites excluding steroid dienone is 1. The maximum Gasteiger partial charge on any atom is 0.249 e. The summed E-state index contributed by atoms with van der Waals surface area (Å²) in [6.45, 7) is 7.76. The van der Waals surface area contributed by atoms with E-state index in [-0.39, 0.29) is 23.5 Å². The largest absolute Gasteiger partial charge is 0.474 e. The Labute approximate surface area is 336 Å². The molecule has 4 aromatic rings. The van der Waals surface area contributed by atoms with Gasteiger partial charge in [-0.1, -0.05) is 12.1 Å². The average molecular weight is 787 g/mol. The highest BCUT2D eigenvalue weighted by Crippen LogP contribution is 2.37. The number of amides is 3. The third-order valence-electron chi connectivity index (χ3n) is 11.9. The fourth-order valence-electron chi connectivity index (χ4n) is 8.48. The van der Waals surface area contributed by atoms with E-state index < -0.39 is 6.04 Å². The van der Waals surface area contributed by atoms with E-state index in [1.54, 1.807) is 12.1 Å². The predicted molar refractivity (Wildman–Crippen MR) is 220 cm³/mol. The number of carbonyl (C=O) groups excluding carboxylic acids is 3. The van der Waals surface area contributed by atoms with Gasteiger partial charge in [0.15, 0.2) is 0 Å². The zero-order valence-electron chi connectivity index (χ0n) is 32.5. The molecule has 14 nitrogen and oxygen atoms in total. The van der Waals surface area contributed by atoms with Crippen LogP contribution in [0.15, 0.2) is 54.9 Å². The fraction of sp³-hybridized carbons (Fsp3) is 0.395. The summed E-state index contributed by atoms with van der Waals surface area (Å²) in [7, 11) is 0. The topological polar surface area (TPSA) is 157 Å². The van der Waals surface area contributed by atoms with E-state index >= 15 is 4.39 Å². The molecule has 15 heteroatoms. The highest BCUT2D eigenvalue weighted by molar-refractivity contribution is 5.99. The Bertz CT molecular complexity index is 2270. The van der Waals surface area contributed by atoms with Crippen molar-refractivity contribution >= 4 is 58.1 Å². The molecule has 0 bridgehead atoms. The summed E-state index contributed by atoms with van der Waals surface area (Å²) in [5.74, 6) is 0.272. The zero-order valence-corrected chi connectivity index (χ0v) is 32.5. The van der Waals surface area contributed by atoms with Gasteiger partial charge in [-0.15, -0.1) is 0 Å². The van der Waals surface area contributed by atoms with Crippen LogP contribution >= 0.6 is 0 Å². The number of aryl methyl sites for hydroxylation is 1. The number of carbonyl (C=O) groups is 3. The number of halogens is 1. The van der Waals surface area contributed by atoms with Crippen molar-refractivity contribution in [2.24, 2.45) is 0 Å². The van der Waals surface area contributed by atoms with Crippen molar-refractivity contribution in [1.82, 2.24) is 30.1 Å². The van der Waals surface area contributed by atoms with Crippen LogP contribution in [0, 0.1) is 12.7 Å². The minimum atomic E-state index is -0.572. The second-order valence-electron chi connectivity index (χ2n) is 15.7. The number of nitrogens with one attached hydrogen (secondary N) is 4. The summed E-state index contributed by atoms with van der Waals surface area (Å²) in [4.78, 5) is 57.6. The number of rotatable bonds is 9. The summed E-state index contributed by atoms with van der Waals surface area (Å²) in [6, 6.07) is 12.5. The molecule has 0 radical (unpaired) electrons. The molecular weight excluding hydrogens is 740 g/mol. The van der Waals surface area contributed by atoms with Crippen LogP contribution in [0.25, 0.3) is 11.6 Å². The van der Waals surface area contributed by atoms with Crippen molar-refractivity contribution in [3.63, 3.8) is 0 Å². The highest BCUT2D eigenvalue weighted by Gasteiger charge is 2.35. The molecule has 2 aromatic heterocycles. The lowest BCUT2D eigenvalue weighted by molar-refractivity contribution is -0.133. The number of benzene rings is 2. The van der Waals surface area contributed by atoms with Gasteiger partial charge >= 0.3 is 0 Å². The van der Waals surface area contributed by atoms with E-state index in [0.717, 1.165) is 71.8 Å². The number of imide groups is 1. The first-order valence-corrected chi connectivity index (χ1v) is 20.2. The quantitative estimate of drug-likeness (QED) is 0.176. The van der Waals surface area contributed by atoms with Gasteiger partial charge in [-0.3, -0.25) is 24.6 Å². The lowest BCUT2D eigenvalue weighted by Crippen LogP contribution is -2.63. The summed E-state index contributed by atoms with van der Waals surface area (Å²) in [5, 5.41) is 12.2. The van der Waals surface area contributed by atoms with E-state index in [4.69, 9.17) is 9.72 Å². The minimum Gasteiger partial charge on any atom is -0.474 e. The molecule has 1 atom stereocenters. The van der Waals surface area contributed by atoms with Crippen molar-refractivity contribution < 1.29 is 23.5 Å². The Balaban J connectivity index is 0.737. The van der Waals surface area contributed by atoms with Crippen LogP contribution in [0.1, 0.15) is 53.6 Å². The number of hydrogen-bond acceptors (Lipinski definition) is 12. The molecule has 9 rings (SSSR count). The van der Waals surface area contributed by atoms with Crippen LogP contribution in [0.5, 0.6) is 5.88 Å². The number of pyridine rings is 1. The molecule has 300 valence electrons. The highest BCUT2D eigenvalue weighted by atomic mass is 19.1. The monoisotopic (exact) mass is 786 g/mol. The number of ether oxygens (including phenoxy) is 1. The van der Waals surface area contributed by atoms with Gasteiger partial charge in [-0.05, 0) is 91.3 Å². The molecular formula is C43H47FN10O4. The molecule has 3 saturated heterocycles. The van der Waals surface area contributed by atoms with Gasteiger partial charge in [0.05, 0.1) is 17.8 Å². The predicted octanol–water partition coefficient (Wildman–Crippen LogP) is 4.54. The van der Waals surface area contributed by atoms with Gasteiger partial charge in [0.2, 0.25) is 29.5 Å². The van der Waals surface area contributed by atoms with Crippen molar-refractivity contribution in [2.75, 3.05) is 73.3 Å². The molecule has 6 heterocycles. The molecule has 5 aliphatic rings. The molecule has 4 aliphatic heterocycles.